The zero-order chi connectivity index (χ0) is 13.0. The summed E-state index contributed by atoms with van der Waals surface area (Å²) in [7, 11) is 1.52. The van der Waals surface area contributed by atoms with Gasteiger partial charge in [0.15, 0.2) is 6.79 Å². The fourth-order valence-corrected chi connectivity index (χ4v) is 1.64. The van der Waals surface area contributed by atoms with Crippen LogP contribution in [0.4, 0.5) is 4.39 Å². The summed E-state index contributed by atoms with van der Waals surface area (Å²) in [5, 5.41) is 0. The summed E-state index contributed by atoms with van der Waals surface area (Å²) in [4.78, 5) is 0. The lowest BCUT2D eigenvalue weighted by atomic mass is 10.0. The molecule has 0 radical (unpaired) electrons. The minimum absolute atomic E-state index is 0.0838. The van der Waals surface area contributed by atoms with Crippen LogP contribution in [0.1, 0.15) is 5.56 Å². The number of methoxy groups -OCH3 is 1. The average molecular weight is 251 g/mol. The molecule has 5 heteroatoms. The van der Waals surface area contributed by atoms with Crippen LogP contribution in [-0.4, -0.2) is 13.9 Å². The Hall–Kier alpha value is -1.85. The highest BCUT2D eigenvalue weighted by Gasteiger charge is 2.13. The Morgan fingerprint density at radius 2 is 2.22 bits per heavy atom. The summed E-state index contributed by atoms with van der Waals surface area (Å²) in [5.41, 5.74) is 7.21. The van der Waals surface area contributed by atoms with E-state index in [1.807, 2.05) is 0 Å². The molecule has 0 fully saturated rings. The Bertz CT molecular complexity index is 511. The number of ether oxygens (including phenoxy) is 2. The third kappa shape index (κ3) is 2.52. The quantitative estimate of drug-likeness (QED) is 0.829. The van der Waals surface area contributed by atoms with Gasteiger partial charge in [-0.25, -0.2) is 4.39 Å². The topological polar surface area (TPSA) is 57.6 Å². The molecule has 0 saturated heterocycles. The second-order valence-electron chi connectivity index (χ2n) is 3.71. The predicted octanol–water partition coefficient (Wildman–Crippen LogP) is 2.53. The van der Waals surface area contributed by atoms with Gasteiger partial charge in [0, 0.05) is 30.3 Å². The third-order valence-corrected chi connectivity index (χ3v) is 2.53. The molecule has 1 aromatic carbocycles. The van der Waals surface area contributed by atoms with Crippen molar-refractivity contribution in [1.82, 2.24) is 0 Å². The van der Waals surface area contributed by atoms with Crippen LogP contribution >= 0.6 is 0 Å². The van der Waals surface area contributed by atoms with Crippen LogP contribution < -0.4 is 10.5 Å². The molecule has 0 aliphatic rings. The molecule has 2 rings (SSSR count). The largest absolute Gasteiger partial charge is 0.472 e. The molecule has 0 amide bonds. The molecule has 18 heavy (non-hydrogen) atoms. The molecule has 0 spiro atoms. The number of benzene rings is 1. The van der Waals surface area contributed by atoms with Crippen LogP contribution in [0, 0.1) is 5.82 Å². The van der Waals surface area contributed by atoms with Crippen LogP contribution in [0.5, 0.6) is 5.75 Å². The fourth-order valence-electron chi connectivity index (χ4n) is 1.64. The van der Waals surface area contributed by atoms with Crippen molar-refractivity contribution >= 4 is 0 Å². The first-order chi connectivity index (χ1) is 8.76. The molecule has 1 aromatic heterocycles. The van der Waals surface area contributed by atoms with Gasteiger partial charge in [-0.1, -0.05) is 0 Å². The number of rotatable bonds is 5. The summed E-state index contributed by atoms with van der Waals surface area (Å²) in [6, 6.07) is 4.70. The predicted molar refractivity (Wildman–Crippen MR) is 64.5 cm³/mol. The third-order valence-electron chi connectivity index (χ3n) is 2.53. The van der Waals surface area contributed by atoms with Gasteiger partial charge in [-0.3, -0.25) is 0 Å². The van der Waals surface area contributed by atoms with E-state index in [2.05, 4.69) is 0 Å². The molecule has 0 unspecified atom stereocenters. The lowest BCUT2D eigenvalue weighted by Crippen LogP contribution is -2.04. The van der Waals surface area contributed by atoms with E-state index in [1.54, 1.807) is 12.1 Å². The van der Waals surface area contributed by atoms with Gasteiger partial charge in [-0.15, -0.1) is 0 Å². The molecule has 2 aromatic rings. The zero-order valence-electron chi connectivity index (χ0n) is 9.98. The first kappa shape index (κ1) is 12.6. The molecule has 96 valence electrons. The highest BCUT2D eigenvalue weighted by atomic mass is 19.1. The van der Waals surface area contributed by atoms with E-state index in [0.717, 1.165) is 5.56 Å². The van der Waals surface area contributed by atoms with Crippen molar-refractivity contribution in [3.8, 4) is 16.9 Å². The van der Waals surface area contributed by atoms with Gasteiger partial charge in [0.05, 0.1) is 12.5 Å². The number of hydrogen-bond acceptors (Lipinski definition) is 4. The van der Waals surface area contributed by atoms with E-state index in [0.29, 0.717) is 16.9 Å². The maximum atomic E-state index is 13.7. The van der Waals surface area contributed by atoms with E-state index in [1.165, 1.54) is 25.7 Å². The molecule has 4 nitrogen and oxygen atoms in total. The smallest absolute Gasteiger partial charge is 0.188 e. The van der Waals surface area contributed by atoms with Crippen molar-refractivity contribution < 1.29 is 18.3 Å². The highest BCUT2D eigenvalue weighted by molar-refractivity contribution is 5.70. The lowest BCUT2D eigenvalue weighted by molar-refractivity contribution is 0.0514. The highest BCUT2D eigenvalue weighted by Crippen LogP contribution is 2.32. The number of furan rings is 1. The first-order valence-electron chi connectivity index (χ1n) is 5.43. The minimum atomic E-state index is -0.363. The number of hydrogen-bond donors (Lipinski definition) is 1. The monoisotopic (exact) mass is 251 g/mol. The number of halogens is 1. The Morgan fingerprint density at radius 1 is 1.39 bits per heavy atom. The molecule has 0 atom stereocenters. The van der Waals surface area contributed by atoms with Crippen molar-refractivity contribution in [3.05, 3.63) is 42.1 Å². The standard InChI is InChI=1S/C13H14FNO3/c1-16-8-18-13-4-10(6-15)12(14)5-11(13)9-2-3-17-7-9/h2-5,7H,6,8,15H2,1H3. The van der Waals surface area contributed by atoms with Crippen LogP contribution in [0.15, 0.2) is 35.1 Å². The fraction of sp³-hybridized carbons (Fsp3) is 0.231. The van der Waals surface area contributed by atoms with E-state index in [-0.39, 0.29) is 19.2 Å². The Kier molecular flexibility index (Phi) is 3.96. The second kappa shape index (κ2) is 5.66. The van der Waals surface area contributed by atoms with Crippen LogP contribution in [-0.2, 0) is 11.3 Å². The van der Waals surface area contributed by atoms with Gasteiger partial charge < -0.3 is 19.6 Å². The molecule has 1 heterocycles. The van der Waals surface area contributed by atoms with E-state index in [4.69, 9.17) is 19.6 Å². The maximum Gasteiger partial charge on any atom is 0.188 e. The second-order valence-corrected chi connectivity index (χ2v) is 3.71. The van der Waals surface area contributed by atoms with Crippen LogP contribution in [0.3, 0.4) is 0 Å². The summed E-state index contributed by atoms with van der Waals surface area (Å²) >= 11 is 0. The van der Waals surface area contributed by atoms with Gasteiger partial charge in [-0.05, 0) is 18.2 Å². The molecule has 0 aliphatic heterocycles. The van der Waals surface area contributed by atoms with Gasteiger partial charge >= 0.3 is 0 Å². The summed E-state index contributed by atoms with van der Waals surface area (Å²) in [6.45, 7) is 0.196. The Balaban J connectivity index is 2.45. The number of nitrogens with two attached hydrogens (primary N) is 1. The van der Waals surface area contributed by atoms with Gasteiger partial charge in [-0.2, -0.15) is 0 Å². The van der Waals surface area contributed by atoms with Crippen molar-refractivity contribution in [2.75, 3.05) is 13.9 Å². The van der Waals surface area contributed by atoms with E-state index >= 15 is 0 Å². The van der Waals surface area contributed by atoms with Crippen molar-refractivity contribution in [2.24, 2.45) is 5.73 Å². The Labute approximate surface area is 104 Å². The molecule has 0 aliphatic carbocycles. The Morgan fingerprint density at radius 3 is 2.83 bits per heavy atom. The van der Waals surface area contributed by atoms with Crippen LogP contribution in [0.25, 0.3) is 11.1 Å². The average Bonchev–Trinajstić information content (AvgIpc) is 2.90. The van der Waals surface area contributed by atoms with Crippen LogP contribution in [0.2, 0.25) is 0 Å². The van der Waals surface area contributed by atoms with Gasteiger partial charge in [0.1, 0.15) is 11.6 Å². The first-order valence-corrected chi connectivity index (χ1v) is 5.43. The van der Waals surface area contributed by atoms with Crippen molar-refractivity contribution in [1.29, 1.82) is 0 Å². The van der Waals surface area contributed by atoms with Crippen molar-refractivity contribution in [3.63, 3.8) is 0 Å². The molecule has 0 saturated carbocycles. The summed E-state index contributed by atoms with van der Waals surface area (Å²) < 4.78 is 29.0. The van der Waals surface area contributed by atoms with E-state index < -0.39 is 0 Å². The van der Waals surface area contributed by atoms with Crippen molar-refractivity contribution in [2.45, 2.75) is 6.54 Å². The molecular weight excluding hydrogens is 237 g/mol. The SMILES string of the molecule is COCOc1cc(CN)c(F)cc1-c1ccoc1. The van der Waals surface area contributed by atoms with E-state index in [9.17, 15) is 4.39 Å². The molecule has 0 bridgehead atoms. The van der Waals surface area contributed by atoms with Gasteiger partial charge in [0.2, 0.25) is 0 Å². The molecular formula is C13H14FNO3. The summed E-state index contributed by atoms with van der Waals surface area (Å²) in [5.74, 6) is 0.151. The van der Waals surface area contributed by atoms with Gasteiger partial charge in [0.25, 0.3) is 0 Å². The minimum Gasteiger partial charge on any atom is -0.472 e. The zero-order valence-corrected chi connectivity index (χ0v) is 9.98. The molecule has 2 N–H and O–H groups in total. The lowest BCUT2D eigenvalue weighted by Gasteiger charge is -2.12. The normalized spacial score (nSPS) is 10.6. The maximum absolute atomic E-state index is 13.7. The summed E-state index contributed by atoms with van der Waals surface area (Å²) in [6.07, 6.45) is 3.04.